The van der Waals surface area contributed by atoms with E-state index in [2.05, 4.69) is 10.2 Å². The molecule has 1 N–H and O–H groups in total. The van der Waals surface area contributed by atoms with E-state index in [1.54, 1.807) is 24.3 Å². The molecule has 38 heavy (non-hydrogen) atoms. The van der Waals surface area contributed by atoms with Gasteiger partial charge in [-0.05, 0) is 54.3 Å². The highest BCUT2D eigenvalue weighted by Gasteiger charge is 2.37. The van der Waals surface area contributed by atoms with E-state index < -0.39 is 42.0 Å². The van der Waals surface area contributed by atoms with Crippen LogP contribution in [0.4, 0.5) is 26.3 Å². The summed E-state index contributed by atoms with van der Waals surface area (Å²) in [6.07, 6.45) is -3.89. The summed E-state index contributed by atoms with van der Waals surface area (Å²) in [5.74, 6) is -0.496. The van der Waals surface area contributed by atoms with Crippen LogP contribution >= 0.6 is 11.6 Å². The Morgan fingerprint density at radius 3 is 1.97 bits per heavy atom. The van der Waals surface area contributed by atoms with Gasteiger partial charge in [0.15, 0.2) is 0 Å². The van der Waals surface area contributed by atoms with Gasteiger partial charge in [0.05, 0.1) is 11.1 Å². The molecule has 11 heteroatoms. The summed E-state index contributed by atoms with van der Waals surface area (Å²) in [6.45, 7) is 2.31. The molecule has 0 bridgehead atoms. The van der Waals surface area contributed by atoms with Crippen LogP contribution in [0.25, 0.3) is 0 Å². The van der Waals surface area contributed by atoms with Gasteiger partial charge >= 0.3 is 12.4 Å². The van der Waals surface area contributed by atoms with Gasteiger partial charge < -0.3 is 5.32 Å². The van der Waals surface area contributed by atoms with Crippen molar-refractivity contribution >= 4 is 17.5 Å². The minimum Gasteiger partial charge on any atom is -0.350 e. The second kappa shape index (κ2) is 11.8. The molecule has 2 aromatic rings. The second-order valence-electron chi connectivity index (χ2n) is 9.95. The van der Waals surface area contributed by atoms with Gasteiger partial charge in [-0.15, -0.1) is 0 Å². The summed E-state index contributed by atoms with van der Waals surface area (Å²) in [4.78, 5) is 17.9. The Morgan fingerprint density at radius 2 is 1.45 bits per heavy atom. The number of benzene rings is 2. The molecule has 0 radical (unpaired) electrons. The zero-order valence-electron chi connectivity index (χ0n) is 20.7. The number of nitrogens with zero attached hydrogens (tertiary/aromatic N) is 2. The maximum atomic E-state index is 13.4. The number of amides is 1. The maximum Gasteiger partial charge on any atom is 0.416 e. The van der Waals surface area contributed by atoms with Crippen molar-refractivity contribution in [2.45, 2.75) is 63.1 Å². The molecule has 1 aliphatic carbocycles. The first-order chi connectivity index (χ1) is 17.9. The molecule has 4 nitrogen and oxygen atoms in total. The highest BCUT2D eigenvalue weighted by Crippen LogP contribution is 2.36. The van der Waals surface area contributed by atoms with Crippen molar-refractivity contribution in [3.05, 3.63) is 69.7 Å². The number of halogens is 7. The number of carbonyl (C=O) groups excluding carboxylic acids is 1. The van der Waals surface area contributed by atoms with Crippen molar-refractivity contribution in [2.24, 2.45) is 0 Å². The van der Waals surface area contributed by atoms with Crippen LogP contribution < -0.4 is 5.32 Å². The van der Waals surface area contributed by atoms with E-state index in [-0.39, 0.29) is 13.1 Å². The molecular weight excluding hydrogens is 532 g/mol. The number of carbonyl (C=O) groups is 1. The van der Waals surface area contributed by atoms with Crippen molar-refractivity contribution in [2.75, 3.05) is 26.2 Å². The fourth-order valence-electron chi connectivity index (χ4n) is 5.39. The maximum absolute atomic E-state index is 13.4. The average Bonchev–Trinajstić information content (AvgIpc) is 2.88. The number of alkyl halides is 6. The first kappa shape index (κ1) is 28.7. The van der Waals surface area contributed by atoms with Crippen LogP contribution in [0.5, 0.6) is 0 Å². The molecule has 1 saturated carbocycles. The molecule has 2 aliphatic rings. The van der Waals surface area contributed by atoms with Crippen LogP contribution in [-0.2, 0) is 23.7 Å². The highest BCUT2D eigenvalue weighted by atomic mass is 35.5. The lowest BCUT2D eigenvalue weighted by Crippen LogP contribution is -2.53. The highest BCUT2D eigenvalue weighted by molar-refractivity contribution is 6.30. The van der Waals surface area contributed by atoms with E-state index in [9.17, 15) is 31.1 Å². The molecule has 2 aromatic carbocycles. The van der Waals surface area contributed by atoms with Crippen molar-refractivity contribution < 1.29 is 32.6 Å². The van der Waals surface area contributed by atoms with Crippen LogP contribution in [-0.4, -0.2) is 47.9 Å². The topological polar surface area (TPSA) is 35.6 Å². The van der Waals surface area contributed by atoms with Crippen molar-refractivity contribution in [1.82, 2.24) is 15.1 Å². The quantitative estimate of drug-likeness (QED) is 0.387. The van der Waals surface area contributed by atoms with Crippen LogP contribution in [0.2, 0.25) is 5.02 Å². The Kier molecular flexibility index (Phi) is 8.94. The Bertz CT molecular complexity index is 1070. The van der Waals surface area contributed by atoms with E-state index >= 15 is 0 Å². The predicted octanol–water partition coefficient (Wildman–Crippen LogP) is 6.93. The van der Waals surface area contributed by atoms with Crippen molar-refractivity contribution in [3.63, 3.8) is 0 Å². The van der Waals surface area contributed by atoms with Gasteiger partial charge in [0.2, 0.25) is 5.91 Å². The smallest absolute Gasteiger partial charge is 0.350 e. The van der Waals surface area contributed by atoms with E-state index in [1.807, 2.05) is 4.90 Å². The molecule has 210 valence electrons. The van der Waals surface area contributed by atoms with E-state index in [4.69, 9.17) is 11.6 Å². The molecule has 1 saturated heterocycles. The van der Waals surface area contributed by atoms with Gasteiger partial charge in [-0.25, -0.2) is 0 Å². The Morgan fingerprint density at radius 1 is 0.895 bits per heavy atom. The molecule has 1 atom stereocenters. The van der Waals surface area contributed by atoms with Gasteiger partial charge in [-0.1, -0.05) is 43.0 Å². The number of hydrogen-bond acceptors (Lipinski definition) is 3. The number of rotatable bonds is 6. The fourth-order valence-corrected chi connectivity index (χ4v) is 5.51. The minimum atomic E-state index is -4.95. The normalized spacial score (nSPS) is 19.3. The fraction of sp³-hybridized carbons (Fsp3) is 0.519. The van der Waals surface area contributed by atoms with E-state index in [0.717, 1.165) is 25.9 Å². The third-order valence-electron chi connectivity index (χ3n) is 7.35. The lowest BCUT2D eigenvalue weighted by Gasteiger charge is -2.43. The SMILES string of the molecule is O=C(NCc1cc(C(F)(F)F)cc(C(F)(F)F)c1)C(c1ccc(Cl)cc1)N1CCN(C2CCCCC2)CC1.[HH]. The first-order valence-electron chi connectivity index (χ1n) is 12.7. The lowest BCUT2D eigenvalue weighted by molar-refractivity contribution is -0.143. The third-order valence-corrected chi connectivity index (χ3v) is 7.61. The molecule has 2 fully saturated rings. The van der Waals surface area contributed by atoms with Gasteiger partial charge in [0, 0.05) is 45.2 Å². The molecule has 0 spiro atoms. The first-order valence-corrected chi connectivity index (χ1v) is 13.1. The average molecular weight is 564 g/mol. The number of hydrogen-bond donors (Lipinski definition) is 1. The summed E-state index contributed by atoms with van der Waals surface area (Å²) in [5, 5.41) is 3.06. The Balaban J connectivity index is 0.00000420. The van der Waals surface area contributed by atoms with E-state index in [1.165, 1.54) is 19.3 Å². The predicted molar refractivity (Wildman–Crippen MR) is 135 cm³/mol. The monoisotopic (exact) mass is 563 g/mol. The molecule has 1 unspecified atom stereocenters. The summed E-state index contributed by atoms with van der Waals surface area (Å²) in [5.41, 5.74) is -2.45. The second-order valence-corrected chi connectivity index (χ2v) is 10.4. The molecule has 1 aliphatic heterocycles. The van der Waals surface area contributed by atoms with Crippen LogP contribution in [0.15, 0.2) is 42.5 Å². The summed E-state index contributed by atoms with van der Waals surface area (Å²) >= 11 is 6.03. The Labute approximate surface area is 224 Å². The standard InChI is InChI=1S/C27H30ClF6N3O.H2/c28-22-8-6-19(7-9-22)24(37-12-10-36(11-13-37)23-4-2-1-3-5-23)25(38)35-17-18-14-20(26(29,30)31)16-21(15-18)27(32,33)34;/h6-9,14-16,23-24H,1-5,10-13,17H2,(H,35,38);1H. The van der Waals surface area contributed by atoms with Crippen LogP contribution in [0.1, 0.15) is 61.8 Å². The molecule has 4 rings (SSSR count). The Hall–Kier alpha value is -2.30. The van der Waals surface area contributed by atoms with Crippen LogP contribution in [0, 0.1) is 0 Å². The molecule has 1 heterocycles. The molecule has 1 amide bonds. The zero-order chi connectivity index (χ0) is 27.5. The van der Waals surface area contributed by atoms with Gasteiger partial charge in [0.1, 0.15) is 6.04 Å². The molecular formula is C27H32ClF6N3O. The number of nitrogens with one attached hydrogen (secondary N) is 1. The van der Waals surface area contributed by atoms with Gasteiger partial charge in [-0.2, -0.15) is 26.3 Å². The van der Waals surface area contributed by atoms with Gasteiger partial charge in [0.25, 0.3) is 0 Å². The largest absolute Gasteiger partial charge is 0.416 e. The van der Waals surface area contributed by atoms with E-state index in [0.29, 0.717) is 41.9 Å². The summed E-state index contributed by atoms with van der Waals surface area (Å²) < 4.78 is 79.5. The third kappa shape index (κ3) is 7.21. The number of piperazine rings is 1. The summed E-state index contributed by atoms with van der Waals surface area (Å²) in [6, 6.07) is 7.86. The lowest BCUT2D eigenvalue weighted by atomic mass is 9.93. The minimum absolute atomic E-state index is 0. The molecule has 0 aromatic heterocycles. The van der Waals surface area contributed by atoms with Gasteiger partial charge in [-0.3, -0.25) is 14.6 Å². The van der Waals surface area contributed by atoms with Crippen molar-refractivity contribution in [3.8, 4) is 0 Å². The zero-order valence-corrected chi connectivity index (χ0v) is 21.5. The van der Waals surface area contributed by atoms with Crippen LogP contribution in [0.3, 0.4) is 0 Å². The van der Waals surface area contributed by atoms with Crippen molar-refractivity contribution in [1.29, 1.82) is 0 Å². The summed E-state index contributed by atoms with van der Waals surface area (Å²) in [7, 11) is 0.